The zero-order valence-electron chi connectivity index (χ0n) is 22.0. The molecule has 1 aromatic rings. The molecule has 6 unspecified atom stereocenters. The molecular formula is C31H48P2. The van der Waals surface area contributed by atoms with Gasteiger partial charge in [-0.25, -0.2) is 0 Å². The van der Waals surface area contributed by atoms with E-state index in [2.05, 4.69) is 77.1 Å². The normalized spacial score (nSPS) is 32.4. The SMILES string of the molecule is CCCCCCCCCP1C2=CC=CC3CC(c4ccc(C)cc4)C(CCC)C23P1C(C)C. The van der Waals surface area contributed by atoms with Crippen LogP contribution in [0.2, 0.25) is 0 Å². The molecule has 0 N–H and O–H groups in total. The molecule has 1 aromatic carbocycles. The van der Waals surface area contributed by atoms with Gasteiger partial charge in [-0.1, -0.05) is 136 Å². The molecule has 1 saturated carbocycles. The van der Waals surface area contributed by atoms with Crippen LogP contribution in [0.4, 0.5) is 0 Å². The van der Waals surface area contributed by atoms with Crippen LogP contribution in [-0.2, 0) is 0 Å². The van der Waals surface area contributed by atoms with Crippen molar-refractivity contribution in [1.29, 1.82) is 0 Å². The fraction of sp³-hybridized carbons (Fsp3) is 0.677. The Morgan fingerprint density at radius 3 is 2.30 bits per heavy atom. The van der Waals surface area contributed by atoms with Gasteiger partial charge in [0.25, 0.3) is 0 Å². The zero-order valence-corrected chi connectivity index (χ0v) is 23.8. The van der Waals surface area contributed by atoms with E-state index in [-0.39, 0.29) is 15.2 Å². The number of rotatable bonds is 12. The smallest absolute Gasteiger partial charge is 0.0303 e. The largest absolute Gasteiger partial charge is 0.0801 e. The van der Waals surface area contributed by atoms with Crippen molar-refractivity contribution in [1.82, 2.24) is 0 Å². The van der Waals surface area contributed by atoms with Crippen molar-refractivity contribution >= 4 is 15.2 Å². The zero-order chi connectivity index (χ0) is 23.4. The first kappa shape index (κ1) is 25.6. The molecule has 1 heterocycles. The molecule has 6 atom stereocenters. The summed E-state index contributed by atoms with van der Waals surface area (Å²) in [6.07, 6.45) is 23.5. The molecule has 0 radical (unpaired) electrons. The van der Waals surface area contributed by atoms with E-state index < -0.39 is 0 Å². The molecule has 2 aliphatic carbocycles. The van der Waals surface area contributed by atoms with E-state index in [1.54, 1.807) is 5.56 Å². The Labute approximate surface area is 207 Å². The fourth-order valence-corrected chi connectivity index (χ4v) is 19.4. The van der Waals surface area contributed by atoms with E-state index in [0.29, 0.717) is 5.16 Å². The Balaban J connectivity index is 1.54. The molecule has 1 saturated heterocycles. The second-order valence-corrected chi connectivity index (χ2v) is 18.1. The van der Waals surface area contributed by atoms with Gasteiger partial charge in [-0.05, 0) is 66.6 Å². The first-order valence-corrected chi connectivity index (χ1v) is 17.7. The highest BCUT2D eigenvalue weighted by Crippen LogP contribution is 2.99. The van der Waals surface area contributed by atoms with Gasteiger partial charge in [0.05, 0.1) is 0 Å². The molecule has 2 fully saturated rings. The minimum Gasteiger partial charge on any atom is -0.0801 e. The number of hydrogen-bond donors (Lipinski definition) is 0. The van der Waals surface area contributed by atoms with E-state index in [1.807, 2.05) is 5.31 Å². The van der Waals surface area contributed by atoms with Crippen molar-refractivity contribution in [2.45, 2.75) is 116 Å². The maximum Gasteiger partial charge on any atom is 0.0303 e. The predicted molar refractivity (Wildman–Crippen MR) is 152 cm³/mol. The summed E-state index contributed by atoms with van der Waals surface area (Å²) < 4.78 is 0. The van der Waals surface area contributed by atoms with E-state index in [1.165, 1.54) is 75.9 Å². The molecule has 1 aliphatic heterocycles. The van der Waals surface area contributed by atoms with Crippen LogP contribution in [0.1, 0.15) is 109 Å². The molecule has 4 rings (SSSR count). The first-order valence-electron chi connectivity index (χ1n) is 14.1. The van der Waals surface area contributed by atoms with E-state index >= 15 is 0 Å². The van der Waals surface area contributed by atoms with Gasteiger partial charge in [0.2, 0.25) is 0 Å². The highest BCUT2D eigenvalue weighted by molar-refractivity contribution is 8.36. The number of aryl methyl sites for hydroxylation is 1. The highest BCUT2D eigenvalue weighted by Gasteiger charge is 2.69. The molecule has 0 bridgehead atoms. The van der Waals surface area contributed by atoms with Crippen LogP contribution in [-0.4, -0.2) is 17.0 Å². The third kappa shape index (κ3) is 4.83. The Morgan fingerprint density at radius 1 is 0.939 bits per heavy atom. The van der Waals surface area contributed by atoms with E-state index in [9.17, 15) is 0 Å². The van der Waals surface area contributed by atoms with Crippen LogP contribution in [0.3, 0.4) is 0 Å². The van der Waals surface area contributed by atoms with Gasteiger partial charge < -0.3 is 0 Å². The van der Waals surface area contributed by atoms with Crippen LogP contribution >= 0.6 is 15.2 Å². The molecule has 1 spiro atoms. The lowest BCUT2D eigenvalue weighted by molar-refractivity contribution is 0.384. The third-order valence-corrected chi connectivity index (χ3v) is 19.0. The number of unbranched alkanes of at least 4 members (excludes halogenated alkanes) is 6. The molecule has 0 nitrogen and oxygen atoms in total. The molecule has 182 valence electrons. The highest BCUT2D eigenvalue weighted by atomic mass is 32.1. The van der Waals surface area contributed by atoms with Crippen molar-refractivity contribution in [3.05, 3.63) is 58.9 Å². The van der Waals surface area contributed by atoms with Gasteiger partial charge in [0, 0.05) is 5.16 Å². The Kier molecular flexibility index (Phi) is 8.96. The first-order chi connectivity index (χ1) is 16.1. The summed E-state index contributed by atoms with van der Waals surface area (Å²) in [5.74, 6) is 2.40. The molecule has 2 heteroatoms. The molecular weight excluding hydrogens is 434 g/mol. The van der Waals surface area contributed by atoms with Crippen LogP contribution in [0.25, 0.3) is 0 Å². The molecule has 3 aliphatic rings. The van der Waals surface area contributed by atoms with Gasteiger partial charge in [0.1, 0.15) is 0 Å². The van der Waals surface area contributed by atoms with E-state index in [4.69, 9.17) is 0 Å². The van der Waals surface area contributed by atoms with Gasteiger partial charge in [-0.2, -0.15) is 0 Å². The molecule has 0 amide bonds. The van der Waals surface area contributed by atoms with Crippen molar-refractivity contribution in [2.75, 3.05) is 6.16 Å². The standard InChI is InChI=1S/C31H48P2/c1-6-8-9-10-11-12-13-22-32-30-17-14-16-27-23-28(26-20-18-25(5)19-21-26)29(15-7-2)31(27,30)33(32)24(3)4/h14,16-21,24,27-29H,6-13,15,22-23H2,1-5H3. The quantitative estimate of drug-likeness (QED) is 0.205. The third-order valence-electron chi connectivity index (χ3n) is 8.62. The average molecular weight is 483 g/mol. The lowest BCUT2D eigenvalue weighted by Crippen LogP contribution is -2.48. The van der Waals surface area contributed by atoms with Gasteiger partial charge in [0.15, 0.2) is 0 Å². The summed E-state index contributed by atoms with van der Waals surface area (Å²) in [7, 11) is 0.220. The molecule has 0 aromatic heterocycles. The summed E-state index contributed by atoms with van der Waals surface area (Å²) in [4.78, 5) is 0. The Morgan fingerprint density at radius 2 is 1.64 bits per heavy atom. The predicted octanol–water partition coefficient (Wildman–Crippen LogP) is 10.8. The second kappa shape index (κ2) is 11.5. The maximum atomic E-state index is 2.64. The summed E-state index contributed by atoms with van der Waals surface area (Å²) in [5.41, 5.74) is 3.89. The fourth-order valence-electron chi connectivity index (χ4n) is 7.31. The van der Waals surface area contributed by atoms with Crippen molar-refractivity contribution < 1.29 is 0 Å². The van der Waals surface area contributed by atoms with Gasteiger partial charge >= 0.3 is 0 Å². The van der Waals surface area contributed by atoms with Crippen molar-refractivity contribution in [3.63, 3.8) is 0 Å². The minimum absolute atomic E-state index is 0.102. The summed E-state index contributed by atoms with van der Waals surface area (Å²) in [6, 6.07) is 9.62. The van der Waals surface area contributed by atoms with Crippen LogP contribution in [0, 0.1) is 18.8 Å². The lowest BCUT2D eigenvalue weighted by atomic mass is 9.78. The van der Waals surface area contributed by atoms with Crippen molar-refractivity contribution in [3.8, 4) is 0 Å². The monoisotopic (exact) mass is 482 g/mol. The van der Waals surface area contributed by atoms with Crippen LogP contribution in [0.15, 0.2) is 47.8 Å². The number of hydrogen-bond acceptors (Lipinski definition) is 0. The van der Waals surface area contributed by atoms with Crippen LogP contribution in [0.5, 0.6) is 0 Å². The molecule has 33 heavy (non-hydrogen) atoms. The minimum atomic E-state index is 0.102. The number of benzene rings is 1. The second-order valence-electron chi connectivity index (χ2n) is 11.2. The summed E-state index contributed by atoms with van der Waals surface area (Å²) in [5, 5.41) is 2.50. The van der Waals surface area contributed by atoms with E-state index in [0.717, 1.165) is 23.4 Å². The van der Waals surface area contributed by atoms with Gasteiger partial charge in [-0.3, -0.25) is 0 Å². The lowest BCUT2D eigenvalue weighted by Gasteiger charge is -2.64. The Hall–Kier alpha value is -0.440. The maximum absolute atomic E-state index is 2.64. The Bertz CT molecular complexity index is 820. The summed E-state index contributed by atoms with van der Waals surface area (Å²) in [6.45, 7) is 12.1. The average Bonchev–Trinajstić information content (AvgIpc) is 3.13. The number of allylic oxidation sites excluding steroid dienone is 4. The summed E-state index contributed by atoms with van der Waals surface area (Å²) >= 11 is 0. The van der Waals surface area contributed by atoms with Crippen molar-refractivity contribution in [2.24, 2.45) is 11.8 Å². The van der Waals surface area contributed by atoms with Gasteiger partial charge in [-0.15, -0.1) is 0 Å². The van der Waals surface area contributed by atoms with Crippen LogP contribution < -0.4 is 0 Å². The topological polar surface area (TPSA) is 0 Å².